The topological polar surface area (TPSA) is 115 Å². The van der Waals surface area contributed by atoms with Crippen LogP contribution in [0.25, 0.3) is 0 Å². The van der Waals surface area contributed by atoms with E-state index in [1.54, 1.807) is 7.11 Å². The van der Waals surface area contributed by atoms with Crippen molar-refractivity contribution in [2.45, 2.75) is 18.9 Å². The number of rotatable bonds is 8. The maximum atomic E-state index is 11.1. The number of primary amides is 1. The molecule has 7 heteroatoms. The van der Waals surface area contributed by atoms with E-state index in [-0.39, 0.29) is 5.56 Å². The largest absolute Gasteiger partial charge is 0.480 e. The van der Waals surface area contributed by atoms with E-state index in [1.807, 2.05) is 0 Å². The molecule has 4 N–H and O–H groups in total. The number of hydrogen-bond donors (Lipinski definition) is 3. The molecule has 0 fully saturated rings. The molecule has 0 saturated carbocycles. The number of carbonyl (C=O) groups excluding carboxylic acids is 1. The predicted octanol–water partition coefficient (Wildman–Crippen LogP) is 0.472. The van der Waals surface area contributed by atoms with E-state index in [1.165, 1.54) is 18.3 Å². The minimum atomic E-state index is -0.984. The van der Waals surface area contributed by atoms with Gasteiger partial charge in [0.25, 0.3) is 0 Å². The van der Waals surface area contributed by atoms with Crippen LogP contribution in [0, 0.1) is 0 Å². The number of methoxy groups -OCH3 is 1. The van der Waals surface area contributed by atoms with Crippen LogP contribution in [0.5, 0.6) is 0 Å². The number of nitrogens with one attached hydrogen (secondary N) is 1. The van der Waals surface area contributed by atoms with Crippen molar-refractivity contribution >= 4 is 17.7 Å². The van der Waals surface area contributed by atoms with E-state index < -0.39 is 17.9 Å². The Morgan fingerprint density at radius 2 is 2.32 bits per heavy atom. The number of carboxylic acid groups (broad SMARTS) is 1. The average molecular weight is 267 g/mol. The van der Waals surface area contributed by atoms with Crippen LogP contribution in [0.3, 0.4) is 0 Å². The van der Waals surface area contributed by atoms with Crippen LogP contribution in [-0.4, -0.2) is 41.7 Å². The van der Waals surface area contributed by atoms with E-state index in [4.69, 9.17) is 15.6 Å². The molecule has 1 atom stereocenters. The summed E-state index contributed by atoms with van der Waals surface area (Å²) in [7, 11) is 1.56. The second kappa shape index (κ2) is 7.32. The first-order chi connectivity index (χ1) is 9.04. The molecule has 19 heavy (non-hydrogen) atoms. The lowest BCUT2D eigenvalue weighted by atomic mass is 10.1. The van der Waals surface area contributed by atoms with Gasteiger partial charge in [0.15, 0.2) is 0 Å². The van der Waals surface area contributed by atoms with Gasteiger partial charge in [-0.2, -0.15) is 0 Å². The lowest BCUT2D eigenvalue weighted by Crippen LogP contribution is -2.30. The summed E-state index contributed by atoms with van der Waals surface area (Å²) in [6.07, 6.45) is 2.40. The van der Waals surface area contributed by atoms with Crippen LogP contribution >= 0.6 is 0 Å². The van der Waals surface area contributed by atoms with Gasteiger partial charge in [0, 0.05) is 25.5 Å². The Kier molecular flexibility index (Phi) is 5.74. The van der Waals surface area contributed by atoms with Crippen molar-refractivity contribution in [3.8, 4) is 0 Å². The zero-order valence-electron chi connectivity index (χ0n) is 10.6. The van der Waals surface area contributed by atoms with Crippen molar-refractivity contribution in [3.05, 3.63) is 23.9 Å². The molecular formula is C12H17N3O4. The minimum absolute atomic E-state index is 0.276. The number of carboxylic acids is 1. The van der Waals surface area contributed by atoms with E-state index in [0.29, 0.717) is 25.3 Å². The number of hydrogen-bond acceptors (Lipinski definition) is 5. The standard InChI is InChI=1S/C12H17N3O4/c1-19-6-2-3-9(12(17)18)15-10-7-8(11(13)16)4-5-14-10/h4-5,7,9H,2-3,6H2,1H3,(H2,13,16)(H,14,15)(H,17,18). The van der Waals surface area contributed by atoms with E-state index in [2.05, 4.69) is 10.3 Å². The molecule has 1 heterocycles. The van der Waals surface area contributed by atoms with Crippen molar-refractivity contribution in [2.75, 3.05) is 19.0 Å². The highest BCUT2D eigenvalue weighted by atomic mass is 16.5. The molecule has 0 bridgehead atoms. The second-order valence-electron chi connectivity index (χ2n) is 3.96. The summed E-state index contributed by atoms with van der Waals surface area (Å²) in [6.45, 7) is 0.486. The van der Waals surface area contributed by atoms with Crippen molar-refractivity contribution in [2.24, 2.45) is 5.73 Å². The van der Waals surface area contributed by atoms with Crippen molar-refractivity contribution in [3.63, 3.8) is 0 Å². The third-order valence-corrected chi connectivity index (χ3v) is 2.51. The Balaban J connectivity index is 2.70. The summed E-state index contributed by atoms with van der Waals surface area (Å²) >= 11 is 0. The normalized spacial score (nSPS) is 11.8. The fourth-order valence-corrected chi connectivity index (χ4v) is 1.53. The van der Waals surface area contributed by atoms with E-state index in [0.717, 1.165) is 0 Å². The quantitative estimate of drug-likeness (QED) is 0.590. The monoisotopic (exact) mass is 267 g/mol. The van der Waals surface area contributed by atoms with E-state index >= 15 is 0 Å². The van der Waals surface area contributed by atoms with Gasteiger partial charge in [-0.05, 0) is 25.0 Å². The highest BCUT2D eigenvalue weighted by Gasteiger charge is 2.17. The van der Waals surface area contributed by atoms with E-state index in [9.17, 15) is 9.59 Å². The summed E-state index contributed by atoms with van der Waals surface area (Å²) in [4.78, 5) is 26.1. The molecule has 7 nitrogen and oxygen atoms in total. The highest BCUT2D eigenvalue weighted by Crippen LogP contribution is 2.10. The Bertz CT molecular complexity index is 450. The lowest BCUT2D eigenvalue weighted by Gasteiger charge is -2.15. The first-order valence-electron chi connectivity index (χ1n) is 5.78. The van der Waals surface area contributed by atoms with Crippen LogP contribution in [-0.2, 0) is 9.53 Å². The zero-order valence-corrected chi connectivity index (χ0v) is 10.6. The number of nitrogens with two attached hydrogens (primary N) is 1. The lowest BCUT2D eigenvalue weighted by molar-refractivity contribution is -0.138. The predicted molar refractivity (Wildman–Crippen MR) is 68.9 cm³/mol. The van der Waals surface area contributed by atoms with Crippen molar-refractivity contribution < 1.29 is 19.4 Å². The molecule has 0 aromatic carbocycles. The molecule has 0 spiro atoms. The zero-order chi connectivity index (χ0) is 14.3. The number of pyridine rings is 1. The summed E-state index contributed by atoms with van der Waals surface area (Å²) in [5.74, 6) is -1.26. The summed E-state index contributed by atoms with van der Waals surface area (Å²) in [5.41, 5.74) is 5.42. The molecule has 0 aliphatic rings. The second-order valence-corrected chi connectivity index (χ2v) is 3.96. The van der Waals surface area contributed by atoms with Gasteiger partial charge in [-0.15, -0.1) is 0 Å². The summed E-state index contributed by atoms with van der Waals surface area (Å²) in [6, 6.07) is 2.11. The van der Waals surface area contributed by atoms with Crippen LogP contribution in [0.15, 0.2) is 18.3 Å². The van der Waals surface area contributed by atoms with Gasteiger partial charge in [0.1, 0.15) is 11.9 Å². The van der Waals surface area contributed by atoms with Gasteiger partial charge in [0.2, 0.25) is 5.91 Å². The Morgan fingerprint density at radius 1 is 1.58 bits per heavy atom. The number of nitrogens with zero attached hydrogens (tertiary/aromatic N) is 1. The maximum absolute atomic E-state index is 11.1. The van der Waals surface area contributed by atoms with Crippen LogP contribution in [0.1, 0.15) is 23.2 Å². The molecular weight excluding hydrogens is 250 g/mol. The number of amides is 1. The summed E-state index contributed by atoms with van der Waals surface area (Å²) in [5, 5.41) is 11.8. The molecule has 1 rings (SSSR count). The van der Waals surface area contributed by atoms with Gasteiger partial charge in [-0.1, -0.05) is 0 Å². The molecule has 0 saturated heterocycles. The fraction of sp³-hybridized carbons (Fsp3) is 0.417. The Morgan fingerprint density at radius 3 is 2.89 bits per heavy atom. The van der Waals surface area contributed by atoms with Crippen LogP contribution in [0.4, 0.5) is 5.82 Å². The maximum Gasteiger partial charge on any atom is 0.326 e. The molecule has 1 amide bonds. The Hall–Kier alpha value is -2.15. The number of ether oxygens (including phenoxy) is 1. The molecule has 1 aromatic heterocycles. The van der Waals surface area contributed by atoms with Crippen LogP contribution < -0.4 is 11.1 Å². The van der Waals surface area contributed by atoms with Gasteiger partial charge in [-0.25, -0.2) is 9.78 Å². The van der Waals surface area contributed by atoms with Crippen molar-refractivity contribution in [1.29, 1.82) is 0 Å². The summed E-state index contributed by atoms with van der Waals surface area (Å²) < 4.78 is 4.88. The fourth-order valence-electron chi connectivity index (χ4n) is 1.53. The third-order valence-electron chi connectivity index (χ3n) is 2.51. The van der Waals surface area contributed by atoms with Gasteiger partial charge < -0.3 is 20.9 Å². The number of aliphatic carboxylic acids is 1. The molecule has 1 aromatic rings. The van der Waals surface area contributed by atoms with Crippen molar-refractivity contribution in [1.82, 2.24) is 4.98 Å². The van der Waals surface area contributed by atoms with Gasteiger partial charge >= 0.3 is 5.97 Å². The first kappa shape index (κ1) is 14.9. The Labute approximate surface area is 110 Å². The molecule has 1 unspecified atom stereocenters. The van der Waals surface area contributed by atoms with Gasteiger partial charge in [-0.3, -0.25) is 4.79 Å². The SMILES string of the molecule is COCCCC(Nc1cc(C(N)=O)ccn1)C(=O)O. The highest BCUT2D eigenvalue weighted by molar-refractivity contribution is 5.93. The number of anilines is 1. The molecule has 104 valence electrons. The van der Waals surface area contributed by atoms with Crippen LogP contribution in [0.2, 0.25) is 0 Å². The molecule has 0 aliphatic carbocycles. The molecule has 0 aliphatic heterocycles. The smallest absolute Gasteiger partial charge is 0.326 e. The minimum Gasteiger partial charge on any atom is -0.480 e. The average Bonchev–Trinajstić information content (AvgIpc) is 2.38. The third kappa shape index (κ3) is 4.92. The number of aromatic nitrogens is 1. The molecule has 0 radical (unpaired) electrons. The first-order valence-corrected chi connectivity index (χ1v) is 5.78. The van der Waals surface area contributed by atoms with Gasteiger partial charge in [0.05, 0.1) is 0 Å². The number of carbonyl (C=O) groups is 2.